The molecule has 0 radical (unpaired) electrons. The van der Waals surface area contributed by atoms with E-state index in [1.807, 2.05) is 0 Å². The number of ketones is 1. The van der Waals surface area contributed by atoms with Crippen molar-refractivity contribution in [1.82, 2.24) is 0 Å². The van der Waals surface area contributed by atoms with Gasteiger partial charge >= 0.3 is 0 Å². The van der Waals surface area contributed by atoms with E-state index in [4.69, 9.17) is 0 Å². The molecule has 0 spiro atoms. The molecule has 1 heterocycles. The van der Waals surface area contributed by atoms with Crippen LogP contribution in [0.4, 0.5) is 0 Å². The Hall–Kier alpha value is -0.240. The lowest BCUT2D eigenvalue weighted by atomic mass is 9.80. The van der Waals surface area contributed by atoms with Gasteiger partial charge in [-0.1, -0.05) is 32.4 Å². The summed E-state index contributed by atoms with van der Waals surface area (Å²) >= 11 is 0. The third-order valence-corrected chi connectivity index (χ3v) is 7.71. The molecule has 2 rings (SSSR count). The maximum absolute atomic E-state index is 13.0. The van der Waals surface area contributed by atoms with Gasteiger partial charge in [-0.2, -0.15) is 0 Å². The highest BCUT2D eigenvalue weighted by atomic mass is 32.2. The lowest BCUT2D eigenvalue weighted by molar-refractivity contribution is -0.124. The van der Waals surface area contributed by atoms with Crippen molar-refractivity contribution in [2.24, 2.45) is 11.3 Å². The Balaban J connectivity index is 2.12. The zero-order valence-corrected chi connectivity index (χ0v) is 13.8. The summed E-state index contributed by atoms with van der Waals surface area (Å²) in [7, 11) is 0.355. The molecular formula is C17H29OS+. The van der Waals surface area contributed by atoms with Crippen molar-refractivity contribution in [2.45, 2.75) is 65.0 Å². The molecule has 2 unspecified atom stereocenters. The van der Waals surface area contributed by atoms with Crippen molar-refractivity contribution in [3.8, 4) is 0 Å². The molecule has 0 aromatic heterocycles. The molecule has 1 saturated heterocycles. The normalized spacial score (nSPS) is 27.2. The summed E-state index contributed by atoms with van der Waals surface area (Å²) in [6, 6.07) is 0. The van der Waals surface area contributed by atoms with Crippen LogP contribution in [0.5, 0.6) is 0 Å². The summed E-state index contributed by atoms with van der Waals surface area (Å²) in [5, 5.41) is 0.312. The quantitative estimate of drug-likeness (QED) is 0.561. The Morgan fingerprint density at radius 1 is 1.32 bits per heavy atom. The summed E-state index contributed by atoms with van der Waals surface area (Å²) < 4.78 is 0. The van der Waals surface area contributed by atoms with Gasteiger partial charge in [0.2, 0.25) is 0 Å². The predicted octanol–water partition coefficient (Wildman–Crippen LogP) is 4.13. The Morgan fingerprint density at radius 3 is 2.42 bits per heavy atom. The summed E-state index contributed by atoms with van der Waals surface area (Å²) in [5.74, 6) is 3.49. The minimum atomic E-state index is 0.140. The van der Waals surface area contributed by atoms with E-state index in [0.717, 1.165) is 19.3 Å². The van der Waals surface area contributed by atoms with Crippen molar-refractivity contribution < 1.29 is 4.79 Å². The molecule has 19 heavy (non-hydrogen) atoms. The van der Waals surface area contributed by atoms with E-state index in [0.29, 0.717) is 27.8 Å². The van der Waals surface area contributed by atoms with Crippen LogP contribution in [0, 0.1) is 11.3 Å². The van der Waals surface area contributed by atoms with Crippen LogP contribution in [0.25, 0.3) is 0 Å². The Kier molecular flexibility index (Phi) is 4.81. The SMILES string of the molecule is CC1=CCC(C(=O)C([S+]2CCCC2)C(C)(C)C)CC1. The van der Waals surface area contributed by atoms with E-state index < -0.39 is 0 Å². The molecule has 2 atom stereocenters. The largest absolute Gasteiger partial charge is 0.294 e. The van der Waals surface area contributed by atoms with E-state index in [-0.39, 0.29) is 5.41 Å². The molecule has 1 nitrogen and oxygen atoms in total. The summed E-state index contributed by atoms with van der Waals surface area (Å²) in [4.78, 5) is 13.0. The third kappa shape index (κ3) is 3.65. The molecule has 108 valence electrons. The van der Waals surface area contributed by atoms with Gasteiger partial charge in [-0.25, -0.2) is 0 Å². The molecule has 0 N–H and O–H groups in total. The van der Waals surface area contributed by atoms with Gasteiger partial charge in [0.15, 0.2) is 11.0 Å². The van der Waals surface area contributed by atoms with Crippen LogP contribution in [0.15, 0.2) is 11.6 Å². The van der Waals surface area contributed by atoms with E-state index in [1.54, 1.807) is 0 Å². The zero-order valence-electron chi connectivity index (χ0n) is 13.0. The fourth-order valence-electron chi connectivity index (χ4n) is 3.44. The van der Waals surface area contributed by atoms with Crippen LogP contribution in [-0.2, 0) is 15.7 Å². The molecule has 0 bridgehead atoms. The fraction of sp³-hybridized carbons (Fsp3) is 0.824. The van der Waals surface area contributed by atoms with Gasteiger partial charge in [-0.05, 0) is 49.9 Å². The molecule has 0 aromatic rings. The average molecular weight is 281 g/mol. The summed E-state index contributed by atoms with van der Waals surface area (Å²) in [6.07, 6.45) is 8.18. The van der Waals surface area contributed by atoms with Crippen LogP contribution in [0.2, 0.25) is 0 Å². The first-order valence-electron chi connectivity index (χ1n) is 7.75. The van der Waals surface area contributed by atoms with Crippen molar-refractivity contribution >= 4 is 16.7 Å². The first-order chi connectivity index (χ1) is 8.89. The Morgan fingerprint density at radius 2 is 1.95 bits per heavy atom. The van der Waals surface area contributed by atoms with Gasteiger partial charge in [0.1, 0.15) is 11.5 Å². The second kappa shape index (κ2) is 6.03. The van der Waals surface area contributed by atoms with Crippen molar-refractivity contribution in [2.75, 3.05) is 11.5 Å². The molecule has 2 aliphatic rings. The highest BCUT2D eigenvalue weighted by molar-refractivity contribution is 7.98. The van der Waals surface area contributed by atoms with Crippen molar-refractivity contribution in [3.05, 3.63) is 11.6 Å². The predicted molar refractivity (Wildman–Crippen MR) is 85.7 cm³/mol. The van der Waals surface area contributed by atoms with E-state index in [9.17, 15) is 4.79 Å². The van der Waals surface area contributed by atoms with Gasteiger partial charge < -0.3 is 0 Å². The maximum Gasteiger partial charge on any atom is 0.188 e. The zero-order chi connectivity index (χ0) is 14.0. The standard InChI is InChI=1S/C17H29OS/c1-13-7-9-14(10-8-13)15(18)16(17(2,3)4)19-11-5-6-12-19/h7,14,16H,5-6,8-12H2,1-4H3/q+1. The number of carbonyl (C=O) groups is 1. The average Bonchev–Trinajstić information content (AvgIpc) is 2.81. The molecule has 0 aromatic carbocycles. The molecule has 1 aliphatic heterocycles. The fourth-order valence-corrected chi connectivity index (χ4v) is 6.79. The summed E-state index contributed by atoms with van der Waals surface area (Å²) in [6.45, 7) is 9.00. The van der Waals surface area contributed by atoms with Crippen LogP contribution in [-0.4, -0.2) is 22.5 Å². The van der Waals surface area contributed by atoms with E-state index >= 15 is 0 Å². The van der Waals surface area contributed by atoms with Gasteiger partial charge in [0.05, 0.1) is 0 Å². The van der Waals surface area contributed by atoms with Crippen molar-refractivity contribution in [1.29, 1.82) is 0 Å². The highest BCUT2D eigenvalue weighted by Crippen LogP contribution is 2.36. The third-order valence-electron chi connectivity index (χ3n) is 4.48. The lowest BCUT2D eigenvalue weighted by Crippen LogP contribution is -2.45. The Labute approximate surface area is 121 Å². The van der Waals surface area contributed by atoms with Gasteiger partial charge in [-0.15, -0.1) is 0 Å². The summed E-state index contributed by atoms with van der Waals surface area (Å²) in [5.41, 5.74) is 1.61. The number of rotatable bonds is 3. The first kappa shape index (κ1) is 15.2. The smallest absolute Gasteiger partial charge is 0.188 e. The van der Waals surface area contributed by atoms with Crippen LogP contribution in [0.3, 0.4) is 0 Å². The molecule has 0 saturated carbocycles. The molecular weight excluding hydrogens is 252 g/mol. The maximum atomic E-state index is 13.0. The lowest BCUT2D eigenvalue weighted by Gasteiger charge is -2.31. The van der Waals surface area contributed by atoms with Crippen LogP contribution < -0.4 is 0 Å². The highest BCUT2D eigenvalue weighted by Gasteiger charge is 2.48. The van der Waals surface area contributed by atoms with Gasteiger partial charge in [-0.3, -0.25) is 4.79 Å². The number of Topliss-reactive ketones (excluding diaryl/α,β-unsaturated/α-hetero) is 1. The number of allylic oxidation sites excluding steroid dienone is 2. The first-order valence-corrected chi connectivity index (χ1v) is 9.38. The minimum Gasteiger partial charge on any atom is -0.294 e. The Bertz CT molecular complexity index is 358. The minimum absolute atomic E-state index is 0.140. The van der Waals surface area contributed by atoms with E-state index in [1.165, 1.54) is 29.9 Å². The molecule has 2 heteroatoms. The second-order valence-corrected chi connectivity index (χ2v) is 9.69. The second-order valence-electron chi connectivity index (χ2n) is 7.32. The number of carbonyl (C=O) groups excluding carboxylic acids is 1. The van der Waals surface area contributed by atoms with Crippen LogP contribution in [0.1, 0.15) is 59.8 Å². The molecule has 1 fully saturated rings. The van der Waals surface area contributed by atoms with Gasteiger partial charge in [0, 0.05) is 11.3 Å². The van der Waals surface area contributed by atoms with Crippen LogP contribution >= 0.6 is 0 Å². The number of hydrogen-bond donors (Lipinski definition) is 0. The molecule has 0 amide bonds. The monoisotopic (exact) mass is 281 g/mol. The topological polar surface area (TPSA) is 17.1 Å². The molecule has 1 aliphatic carbocycles. The number of hydrogen-bond acceptors (Lipinski definition) is 1. The van der Waals surface area contributed by atoms with Gasteiger partial charge in [0.25, 0.3) is 0 Å². The van der Waals surface area contributed by atoms with Crippen molar-refractivity contribution in [3.63, 3.8) is 0 Å². The van der Waals surface area contributed by atoms with E-state index in [2.05, 4.69) is 33.8 Å².